The van der Waals surface area contributed by atoms with Crippen LogP contribution in [0.5, 0.6) is 0 Å². The Bertz CT molecular complexity index is 431. The lowest BCUT2D eigenvalue weighted by atomic mass is 9.59. The lowest BCUT2D eigenvalue weighted by molar-refractivity contribution is -0.156. The maximum absolute atomic E-state index is 12.4. The van der Waals surface area contributed by atoms with Gasteiger partial charge in [0.2, 0.25) is 0 Å². The van der Waals surface area contributed by atoms with Crippen LogP contribution in [0.1, 0.15) is 68.7 Å². The highest BCUT2D eigenvalue weighted by Gasteiger charge is 2.41. The molecule has 0 aromatic rings. The second-order valence-electron chi connectivity index (χ2n) is 8.63. The molecular formula is C21H39ClO4. The van der Waals surface area contributed by atoms with Crippen LogP contribution in [0.3, 0.4) is 0 Å². The zero-order valence-corrected chi connectivity index (χ0v) is 18.9. The van der Waals surface area contributed by atoms with E-state index in [0.29, 0.717) is 23.7 Å². The van der Waals surface area contributed by atoms with E-state index in [0.717, 1.165) is 6.42 Å². The van der Waals surface area contributed by atoms with E-state index in [1.54, 1.807) is 6.92 Å². The zero-order chi connectivity index (χ0) is 20.7. The highest BCUT2D eigenvalue weighted by molar-refractivity contribution is 6.29. The molecule has 0 aromatic carbocycles. The van der Waals surface area contributed by atoms with E-state index in [1.807, 2.05) is 6.92 Å². The van der Waals surface area contributed by atoms with E-state index in [1.165, 1.54) is 0 Å². The monoisotopic (exact) mass is 390 g/mol. The Balaban J connectivity index is 4.81. The number of ether oxygens (including phenoxy) is 2. The molecule has 0 aliphatic heterocycles. The second-order valence-corrected chi connectivity index (χ2v) is 9.28. The highest BCUT2D eigenvalue weighted by Crippen LogP contribution is 2.47. The van der Waals surface area contributed by atoms with Crippen LogP contribution in [-0.4, -0.2) is 30.5 Å². The first-order valence-corrected chi connectivity index (χ1v) is 10.3. The van der Waals surface area contributed by atoms with Crippen molar-refractivity contribution < 1.29 is 19.1 Å². The average molecular weight is 391 g/mol. The van der Waals surface area contributed by atoms with Gasteiger partial charge in [0, 0.05) is 0 Å². The van der Waals surface area contributed by atoms with Gasteiger partial charge in [-0.05, 0) is 42.4 Å². The summed E-state index contributed by atoms with van der Waals surface area (Å²) in [6.45, 7) is 19.4. The number of rotatable bonds is 11. The highest BCUT2D eigenvalue weighted by atomic mass is 35.5. The van der Waals surface area contributed by atoms with E-state index < -0.39 is 11.3 Å². The summed E-state index contributed by atoms with van der Waals surface area (Å²) < 4.78 is 10.2. The molecule has 0 fully saturated rings. The maximum atomic E-state index is 12.4. The molecule has 0 bridgehead atoms. The van der Waals surface area contributed by atoms with Crippen LogP contribution >= 0.6 is 11.6 Å². The summed E-state index contributed by atoms with van der Waals surface area (Å²) in [5.41, 5.74) is 0.0429. The zero-order valence-electron chi connectivity index (χ0n) is 18.1. The minimum Gasteiger partial charge on any atom is -0.462 e. The molecular weight excluding hydrogens is 352 g/mol. The predicted octanol–water partition coefficient (Wildman–Crippen LogP) is 5.32. The van der Waals surface area contributed by atoms with E-state index >= 15 is 0 Å². The summed E-state index contributed by atoms with van der Waals surface area (Å²) in [4.78, 5) is 23.7. The molecule has 0 spiro atoms. The Hall–Kier alpha value is -0.770. The van der Waals surface area contributed by atoms with Crippen LogP contribution in [0, 0.1) is 35.0 Å². The smallest absolute Gasteiger partial charge is 0.323 e. The number of hydrogen-bond acceptors (Lipinski definition) is 4. The molecule has 5 heteroatoms. The first-order chi connectivity index (χ1) is 11.8. The number of carbonyl (C=O) groups is 2. The number of hydrogen-bond donors (Lipinski definition) is 0. The van der Waals surface area contributed by atoms with Crippen molar-refractivity contribution in [3.05, 3.63) is 0 Å². The molecule has 0 saturated carbocycles. The van der Waals surface area contributed by atoms with Gasteiger partial charge in [-0.2, -0.15) is 0 Å². The normalized spacial score (nSPS) is 18.8. The summed E-state index contributed by atoms with van der Waals surface area (Å²) in [7, 11) is 0. The Morgan fingerprint density at radius 2 is 1.19 bits per heavy atom. The molecule has 0 heterocycles. The minimum absolute atomic E-state index is 0.0381. The molecule has 0 aliphatic rings. The largest absolute Gasteiger partial charge is 0.462 e. The topological polar surface area (TPSA) is 52.6 Å². The van der Waals surface area contributed by atoms with Gasteiger partial charge < -0.3 is 9.47 Å². The molecule has 26 heavy (non-hydrogen) atoms. The lowest BCUT2D eigenvalue weighted by Crippen LogP contribution is -2.40. The number of halogens is 1. The molecule has 0 radical (unpaired) electrons. The van der Waals surface area contributed by atoms with Crippen LogP contribution in [0.25, 0.3) is 0 Å². The van der Waals surface area contributed by atoms with E-state index in [9.17, 15) is 9.59 Å². The first-order valence-electron chi connectivity index (χ1n) is 9.81. The molecule has 4 unspecified atom stereocenters. The fourth-order valence-electron chi connectivity index (χ4n) is 3.59. The quantitative estimate of drug-likeness (QED) is 0.272. The Labute approximate surface area is 165 Å². The van der Waals surface area contributed by atoms with Gasteiger partial charge in [-0.3, -0.25) is 9.59 Å². The summed E-state index contributed by atoms with van der Waals surface area (Å²) >= 11 is 5.62. The van der Waals surface area contributed by atoms with Gasteiger partial charge >= 0.3 is 11.9 Å². The maximum Gasteiger partial charge on any atom is 0.323 e. The molecule has 0 amide bonds. The predicted molar refractivity (Wildman–Crippen MR) is 107 cm³/mol. The van der Waals surface area contributed by atoms with Crippen molar-refractivity contribution in [2.75, 3.05) is 13.2 Å². The average Bonchev–Trinajstić information content (AvgIpc) is 2.55. The van der Waals surface area contributed by atoms with Crippen molar-refractivity contribution in [2.24, 2.45) is 35.0 Å². The second kappa shape index (κ2) is 11.2. The Morgan fingerprint density at radius 1 is 0.808 bits per heavy atom. The lowest BCUT2D eigenvalue weighted by Gasteiger charge is -2.46. The van der Waals surface area contributed by atoms with Crippen molar-refractivity contribution in [1.82, 2.24) is 0 Å². The fourth-order valence-corrected chi connectivity index (χ4v) is 3.66. The number of alkyl halides is 1. The van der Waals surface area contributed by atoms with Crippen molar-refractivity contribution in [2.45, 2.75) is 74.1 Å². The van der Waals surface area contributed by atoms with E-state index in [4.69, 9.17) is 21.1 Å². The van der Waals surface area contributed by atoms with E-state index in [2.05, 4.69) is 48.5 Å². The number of carbonyl (C=O) groups excluding carboxylic acids is 2. The van der Waals surface area contributed by atoms with Crippen molar-refractivity contribution in [3.8, 4) is 0 Å². The summed E-state index contributed by atoms with van der Waals surface area (Å²) in [6, 6.07) is 0. The van der Waals surface area contributed by atoms with Crippen LogP contribution in [0.2, 0.25) is 0 Å². The van der Waals surface area contributed by atoms with Crippen molar-refractivity contribution in [1.29, 1.82) is 0 Å². The SMILES string of the molecule is CC(Cl)C(=O)OCCOC(=O)C(C)CC(C)(C(C)C(C)C)C(C)C(C)C. The van der Waals surface area contributed by atoms with Gasteiger partial charge in [0.1, 0.15) is 18.6 Å². The molecule has 0 aliphatic carbocycles. The van der Waals surface area contributed by atoms with Gasteiger partial charge in [0.05, 0.1) is 5.92 Å². The first kappa shape index (κ1) is 25.2. The fraction of sp³-hybridized carbons (Fsp3) is 0.905. The van der Waals surface area contributed by atoms with E-state index in [-0.39, 0.29) is 30.5 Å². The Kier molecular flexibility index (Phi) is 10.8. The molecule has 0 saturated heterocycles. The molecule has 0 rings (SSSR count). The van der Waals surface area contributed by atoms with Crippen LogP contribution in [0.15, 0.2) is 0 Å². The summed E-state index contributed by atoms with van der Waals surface area (Å²) in [5.74, 6) is 1.12. The summed E-state index contributed by atoms with van der Waals surface area (Å²) in [5, 5.41) is -0.694. The molecule has 0 N–H and O–H groups in total. The molecule has 4 nitrogen and oxygen atoms in total. The van der Waals surface area contributed by atoms with Crippen molar-refractivity contribution >= 4 is 23.5 Å². The third-order valence-electron chi connectivity index (χ3n) is 6.13. The number of esters is 2. The van der Waals surface area contributed by atoms with Gasteiger partial charge in [0.15, 0.2) is 0 Å². The third-order valence-corrected chi connectivity index (χ3v) is 6.30. The van der Waals surface area contributed by atoms with Gasteiger partial charge in [0.25, 0.3) is 0 Å². The minimum atomic E-state index is -0.694. The van der Waals surface area contributed by atoms with Gasteiger partial charge in [-0.25, -0.2) is 0 Å². The molecule has 0 aromatic heterocycles. The third kappa shape index (κ3) is 7.46. The standard InChI is InChI=1S/C21H39ClO4/c1-13(2)16(6)21(9,17(7)14(3)4)12-15(5)19(23)25-10-11-26-20(24)18(8)22/h13-18H,10-12H2,1-9H3. The molecule has 4 atom stereocenters. The van der Waals surface area contributed by atoms with Gasteiger partial charge in [-0.1, -0.05) is 55.4 Å². The summed E-state index contributed by atoms with van der Waals surface area (Å²) in [6.07, 6.45) is 0.781. The van der Waals surface area contributed by atoms with Crippen LogP contribution in [-0.2, 0) is 19.1 Å². The van der Waals surface area contributed by atoms with Crippen LogP contribution < -0.4 is 0 Å². The molecule has 154 valence electrons. The Morgan fingerprint density at radius 3 is 1.54 bits per heavy atom. The van der Waals surface area contributed by atoms with Crippen LogP contribution in [0.4, 0.5) is 0 Å². The van der Waals surface area contributed by atoms with Crippen molar-refractivity contribution in [3.63, 3.8) is 0 Å². The van der Waals surface area contributed by atoms with Gasteiger partial charge in [-0.15, -0.1) is 11.6 Å².